The lowest BCUT2D eigenvalue weighted by Gasteiger charge is -2.14. The number of aliphatic hydroxyl groups is 1. The van der Waals surface area contributed by atoms with E-state index in [1.165, 1.54) is 0 Å². The molecule has 1 aromatic carbocycles. The second-order valence-corrected chi connectivity index (χ2v) is 5.03. The molecule has 5 heteroatoms. The van der Waals surface area contributed by atoms with Crippen molar-refractivity contribution in [3.63, 3.8) is 0 Å². The van der Waals surface area contributed by atoms with Crippen LogP contribution in [0.3, 0.4) is 0 Å². The Morgan fingerprint density at radius 2 is 2.10 bits per heavy atom. The number of aliphatic hydroxyl groups excluding tert-OH is 1. The Morgan fingerprint density at radius 3 is 2.81 bits per heavy atom. The number of benzene rings is 1. The number of amides is 1. The SMILES string of the molecule is CCCNC(=O)CCNCC(O)COc1ccccc1C. The van der Waals surface area contributed by atoms with E-state index in [9.17, 15) is 9.90 Å². The molecule has 0 bridgehead atoms. The van der Waals surface area contributed by atoms with Crippen LogP contribution in [0.2, 0.25) is 0 Å². The fraction of sp³-hybridized carbons (Fsp3) is 0.562. The van der Waals surface area contributed by atoms with Gasteiger partial charge in [-0.2, -0.15) is 0 Å². The van der Waals surface area contributed by atoms with E-state index in [0.29, 0.717) is 26.1 Å². The third-order valence-corrected chi connectivity index (χ3v) is 3.01. The first-order chi connectivity index (χ1) is 10.1. The van der Waals surface area contributed by atoms with Gasteiger partial charge >= 0.3 is 0 Å². The molecule has 1 rings (SSSR count). The second-order valence-electron chi connectivity index (χ2n) is 5.03. The predicted octanol–water partition coefficient (Wildman–Crippen LogP) is 1.24. The maximum atomic E-state index is 11.4. The van der Waals surface area contributed by atoms with Gasteiger partial charge in [0, 0.05) is 26.1 Å². The molecular weight excluding hydrogens is 268 g/mol. The summed E-state index contributed by atoms with van der Waals surface area (Å²) in [6.07, 6.45) is 0.766. The number of carbonyl (C=O) groups is 1. The molecule has 0 aliphatic rings. The molecule has 1 unspecified atom stereocenters. The van der Waals surface area contributed by atoms with Crippen LogP contribution in [0.25, 0.3) is 0 Å². The Morgan fingerprint density at radius 1 is 1.33 bits per heavy atom. The maximum absolute atomic E-state index is 11.4. The standard InChI is InChI=1S/C16H26N2O3/c1-3-9-18-16(20)8-10-17-11-14(19)12-21-15-7-5-4-6-13(15)2/h4-7,14,17,19H,3,8-12H2,1-2H3,(H,18,20). The highest BCUT2D eigenvalue weighted by Gasteiger charge is 2.06. The number of para-hydroxylation sites is 1. The molecule has 0 saturated carbocycles. The summed E-state index contributed by atoms with van der Waals surface area (Å²) in [7, 11) is 0. The highest BCUT2D eigenvalue weighted by atomic mass is 16.5. The first kappa shape index (κ1) is 17.5. The lowest BCUT2D eigenvalue weighted by molar-refractivity contribution is -0.121. The zero-order chi connectivity index (χ0) is 15.5. The summed E-state index contributed by atoms with van der Waals surface area (Å²) in [5.74, 6) is 0.825. The van der Waals surface area contributed by atoms with Crippen LogP contribution >= 0.6 is 0 Å². The molecule has 0 aliphatic carbocycles. The van der Waals surface area contributed by atoms with Crippen LogP contribution in [-0.4, -0.2) is 43.4 Å². The van der Waals surface area contributed by atoms with Crippen LogP contribution in [0.15, 0.2) is 24.3 Å². The quantitative estimate of drug-likeness (QED) is 0.568. The van der Waals surface area contributed by atoms with Gasteiger partial charge in [0.1, 0.15) is 18.5 Å². The summed E-state index contributed by atoms with van der Waals surface area (Å²) in [5, 5.41) is 15.7. The molecule has 0 spiro atoms. The van der Waals surface area contributed by atoms with E-state index in [1.807, 2.05) is 38.1 Å². The lowest BCUT2D eigenvalue weighted by Crippen LogP contribution is -2.34. The van der Waals surface area contributed by atoms with Gasteiger partial charge in [0.25, 0.3) is 0 Å². The van der Waals surface area contributed by atoms with E-state index in [-0.39, 0.29) is 12.5 Å². The number of hydrogen-bond donors (Lipinski definition) is 3. The molecule has 1 amide bonds. The summed E-state index contributed by atoms with van der Waals surface area (Å²) in [5.41, 5.74) is 1.05. The fourth-order valence-corrected chi connectivity index (χ4v) is 1.79. The molecule has 0 heterocycles. The lowest BCUT2D eigenvalue weighted by atomic mass is 10.2. The summed E-state index contributed by atoms with van der Waals surface area (Å²) in [6.45, 7) is 5.90. The van der Waals surface area contributed by atoms with E-state index in [2.05, 4.69) is 10.6 Å². The zero-order valence-electron chi connectivity index (χ0n) is 12.9. The van der Waals surface area contributed by atoms with Crippen LogP contribution < -0.4 is 15.4 Å². The van der Waals surface area contributed by atoms with Crippen molar-refractivity contribution in [3.8, 4) is 5.75 Å². The van der Waals surface area contributed by atoms with E-state index in [1.54, 1.807) is 0 Å². The van der Waals surface area contributed by atoms with E-state index < -0.39 is 6.10 Å². The Kier molecular flexibility index (Phi) is 8.47. The zero-order valence-corrected chi connectivity index (χ0v) is 12.9. The topological polar surface area (TPSA) is 70.6 Å². The second kappa shape index (κ2) is 10.2. The van der Waals surface area contributed by atoms with Gasteiger partial charge in [0.05, 0.1) is 0 Å². The molecule has 3 N–H and O–H groups in total. The van der Waals surface area contributed by atoms with E-state index >= 15 is 0 Å². The Balaban J connectivity index is 2.10. The van der Waals surface area contributed by atoms with E-state index in [4.69, 9.17) is 4.74 Å². The van der Waals surface area contributed by atoms with Crippen LogP contribution in [0, 0.1) is 6.92 Å². The molecule has 118 valence electrons. The minimum atomic E-state index is -0.594. The number of aryl methyl sites for hydroxylation is 1. The summed E-state index contributed by atoms with van der Waals surface area (Å²) < 4.78 is 5.56. The van der Waals surface area contributed by atoms with Crippen molar-refractivity contribution in [2.75, 3.05) is 26.2 Å². The Bertz CT molecular complexity index is 424. The van der Waals surface area contributed by atoms with Crippen LogP contribution in [0.4, 0.5) is 0 Å². The highest BCUT2D eigenvalue weighted by Crippen LogP contribution is 2.16. The average molecular weight is 294 g/mol. The van der Waals surface area contributed by atoms with E-state index in [0.717, 1.165) is 17.7 Å². The minimum absolute atomic E-state index is 0.0370. The summed E-state index contributed by atoms with van der Waals surface area (Å²) >= 11 is 0. The molecule has 5 nitrogen and oxygen atoms in total. The number of rotatable bonds is 10. The van der Waals surface area contributed by atoms with Gasteiger partial charge in [-0.05, 0) is 25.0 Å². The molecule has 0 saturated heterocycles. The fourth-order valence-electron chi connectivity index (χ4n) is 1.79. The third kappa shape index (κ3) is 7.68. The van der Waals surface area contributed by atoms with Gasteiger partial charge in [0.2, 0.25) is 5.91 Å². The molecule has 21 heavy (non-hydrogen) atoms. The number of hydrogen-bond acceptors (Lipinski definition) is 4. The smallest absolute Gasteiger partial charge is 0.221 e. The largest absolute Gasteiger partial charge is 0.491 e. The normalized spacial score (nSPS) is 12.0. The van der Waals surface area contributed by atoms with Crippen molar-refractivity contribution in [1.29, 1.82) is 0 Å². The van der Waals surface area contributed by atoms with Crippen LogP contribution in [0.5, 0.6) is 5.75 Å². The number of nitrogens with one attached hydrogen (secondary N) is 2. The third-order valence-electron chi connectivity index (χ3n) is 3.01. The van der Waals surface area contributed by atoms with Gasteiger partial charge in [0.15, 0.2) is 0 Å². The molecular formula is C16H26N2O3. The van der Waals surface area contributed by atoms with Crippen molar-refractivity contribution in [1.82, 2.24) is 10.6 Å². The molecule has 0 aromatic heterocycles. The van der Waals surface area contributed by atoms with Crippen molar-refractivity contribution in [3.05, 3.63) is 29.8 Å². The highest BCUT2D eigenvalue weighted by molar-refractivity contribution is 5.75. The Hall–Kier alpha value is -1.59. The van der Waals surface area contributed by atoms with Crippen molar-refractivity contribution >= 4 is 5.91 Å². The van der Waals surface area contributed by atoms with Gasteiger partial charge in [-0.1, -0.05) is 25.1 Å². The van der Waals surface area contributed by atoms with Gasteiger partial charge in [-0.25, -0.2) is 0 Å². The first-order valence-electron chi connectivity index (χ1n) is 7.47. The van der Waals surface area contributed by atoms with Gasteiger partial charge < -0.3 is 20.5 Å². The summed E-state index contributed by atoms with van der Waals surface area (Å²) in [4.78, 5) is 11.4. The van der Waals surface area contributed by atoms with Gasteiger partial charge in [-0.15, -0.1) is 0 Å². The van der Waals surface area contributed by atoms with Crippen molar-refractivity contribution in [2.24, 2.45) is 0 Å². The molecule has 1 aromatic rings. The molecule has 0 aliphatic heterocycles. The van der Waals surface area contributed by atoms with Gasteiger partial charge in [-0.3, -0.25) is 4.79 Å². The number of carbonyl (C=O) groups excluding carboxylic acids is 1. The van der Waals surface area contributed by atoms with Crippen LogP contribution in [-0.2, 0) is 4.79 Å². The average Bonchev–Trinajstić information content (AvgIpc) is 2.48. The number of ether oxygens (including phenoxy) is 1. The molecule has 1 atom stereocenters. The molecule has 0 fully saturated rings. The first-order valence-corrected chi connectivity index (χ1v) is 7.47. The monoisotopic (exact) mass is 294 g/mol. The van der Waals surface area contributed by atoms with Crippen molar-refractivity contribution < 1.29 is 14.6 Å². The predicted molar refractivity (Wildman–Crippen MR) is 83.5 cm³/mol. The summed E-state index contributed by atoms with van der Waals surface area (Å²) in [6, 6.07) is 7.70. The molecule has 0 radical (unpaired) electrons. The Labute approximate surface area is 126 Å². The maximum Gasteiger partial charge on any atom is 0.221 e. The van der Waals surface area contributed by atoms with Crippen molar-refractivity contribution in [2.45, 2.75) is 32.8 Å². The minimum Gasteiger partial charge on any atom is -0.491 e. The van der Waals surface area contributed by atoms with Crippen LogP contribution in [0.1, 0.15) is 25.3 Å².